The minimum Gasteiger partial charge on any atom is -0.331 e. The SMILES string of the molecule is Cc1cc(C(=O)N2C(C)CC3CNCC32)ccc1[N+](=O)[O-]. The number of nitrogens with zero attached hydrogens (tertiary/aromatic N) is 2. The van der Waals surface area contributed by atoms with E-state index in [-0.39, 0.29) is 23.7 Å². The van der Waals surface area contributed by atoms with Gasteiger partial charge >= 0.3 is 0 Å². The summed E-state index contributed by atoms with van der Waals surface area (Å²) in [6.45, 7) is 5.56. The van der Waals surface area contributed by atoms with E-state index in [4.69, 9.17) is 0 Å². The fourth-order valence-corrected chi connectivity index (χ4v) is 3.66. The Morgan fingerprint density at radius 3 is 2.86 bits per heavy atom. The summed E-state index contributed by atoms with van der Waals surface area (Å²) in [7, 11) is 0. The number of carbonyl (C=O) groups excluding carboxylic acids is 1. The van der Waals surface area contributed by atoms with Crippen LogP contribution in [-0.2, 0) is 0 Å². The first-order chi connectivity index (χ1) is 9.99. The van der Waals surface area contributed by atoms with Crippen LogP contribution in [0.1, 0.15) is 29.3 Å². The first-order valence-corrected chi connectivity index (χ1v) is 7.27. The second-order valence-corrected chi connectivity index (χ2v) is 6.04. The Morgan fingerprint density at radius 1 is 1.43 bits per heavy atom. The van der Waals surface area contributed by atoms with Crippen molar-refractivity contribution in [2.24, 2.45) is 5.92 Å². The molecule has 1 aromatic rings. The van der Waals surface area contributed by atoms with E-state index in [1.165, 1.54) is 6.07 Å². The van der Waals surface area contributed by atoms with Crippen LogP contribution in [0, 0.1) is 23.0 Å². The Kier molecular flexibility index (Phi) is 3.41. The third-order valence-corrected chi connectivity index (χ3v) is 4.66. The van der Waals surface area contributed by atoms with Crippen molar-refractivity contribution >= 4 is 11.6 Å². The number of hydrogen-bond donors (Lipinski definition) is 1. The quantitative estimate of drug-likeness (QED) is 0.664. The molecule has 1 amide bonds. The molecule has 2 saturated heterocycles. The van der Waals surface area contributed by atoms with Crippen LogP contribution in [0.2, 0.25) is 0 Å². The molecular formula is C15H19N3O3. The number of benzene rings is 1. The lowest BCUT2D eigenvalue weighted by atomic mass is 10.0. The summed E-state index contributed by atoms with van der Waals surface area (Å²) in [4.78, 5) is 25.2. The Bertz CT molecular complexity index is 602. The summed E-state index contributed by atoms with van der Waals surface area (Å²) < 4.78 is 0. The van der Waals surface area contributed by atoms with E-state index in [2.05, 4.69) is 12.2 Å². The number of nitro groups is 1. The molecule has 0 spiro atoms. The first kappa shape index (κ1) is 14.0. The Labute approximate surface area is 123 Å². The molecule has 2 aliphatic heterocycles. The monoisotopic (exact) mass is 289 g/mol. The van der Waals surface area contributed by atoms with Gasteiger partial charge in [-0.05, 0) is 38.3 Å². The van der Waals surface area contributed by atoms with E-state index < -0.39 is 4.92 Å². The molecule has 2 heterocycles. The standard InChI is InChI=1S/C15H19N3O3/c1-9-5-11(3-4-13(9)18(20)21)15(19)17-10(2)6-12-7-16-8-14(12)17/h3-5,10,12,14,16H,6-8H2,1-2H3. The molecule has 0 aromatic heterocycles. The third kappa shape index (κ3) is 2.29. The van der Waals surface area contributed by atoms with Gasteiger partial charge in [0.2, 0.25) is 0 Å². The van der Waals surface area contributed by atoms with Crippen LogP contribution in [0.3, 0.4) is 0 Å². The molecule has 0 aliphatic carbocycles. The smallest absolute Gasteiger partial charge is 0.272 e. The van der Waals surface area contributed by atoms with Gasteiger partial charge in [0.15, 0.2) is 0 Å². The average molecular weight is 289 g/mol. The number of aryl methyl sites for hydroxylation is 1. The number of nitrogens with one attached hydrogen (secondary N) is 1. The average Bonchev–Trinajstić information content (AvgIpc) is 2.97. The Balaban J connectivity index is 1.88. The zero-order valence-corrected chi connectivity index (χ0v) is 12.2. The molecule has 112 valence electrons. The molecule has 2 aliphatic rings. The maximum Gasteiger partial charge on any atom is 0.272 e. The fourth-order valence-electron chi connectivity index (χ4n) is 3.66. The highest BCUT2D eigenvalue weighted by molar-refractivity contribution is 5.95. The van der Waals surface area contributed by atoms with Crippen LogP contribution < -0.4 is 5.32 Å². The summed E-state index contributed by atoms with van der Waals surface area (Å²) in [6, 6.07) is 5.10. The van der Waals surface area contributed by atoms with Crippen LogP contribution in [0.5, 0.6) is 0 Å². The van der Waals surface area contributed by atoms with Crippen molar-refractivity contribution in [1.82, 2.24) is 10.2 Å². The number of carbonyl (C=O) groups is 1. The van der Waals surface area contributed by atoms with Gasteiger partial charge in [-0.3, -0.25) is 14.9 Å². The van der Waals surface area contributed by atoms with Crippen molar-refractivity contribution in [3.63, 3.8) is 0 Å². The molecule has 3 rings (SSSR count). The molecule has 0 saturated carbocycles. The Hall–Kier alpha value is -1.95. The normalized spacial score (nSPS) is 27.7. The summed E-state index contributed by atoms with van der Waals surface area (Å²) in [5, 5.41) is 14.2. The molecule has 6 nitrogen and oxygen atoms in total. The van der Waals surface area contributed by atoms with Crippen LogP contribution >= 0.6 is 0 Å². The highest BCUT2D eigenvalue weighted by Crippen LogP contribution is 2.33. The predicted octanol–water partition coefficient (Wildman–Crippen LogP) is 1.73. The fraction of sp³-hybridized carbons (Fsp3) is 0.533. The van der Waals surface area contributed by atoms with Gasteiger partial charge < -0.3 is 10.2 Å². The van der Waals surface area contributed by atoms with E-state index in [1.807, 2.05) is 4.90 Å². The summed E-state index contributed by atoms with van der Waals surface area (Å²) in [5.74, 6) is 0.514. The minimum absolute atomic E-state index is 0.0169. The maximum atomic E-state index is 12.8. The van der Waals surface area contributed by atoms with Gasteiger partial charge in [-0.2, -0.15) is 0 Å². The minimum atomic E-state index is -0.418. The highest BCUT2D eigenvalue weighted by Gasteiger charge is 2.44. The van der Waals surface area contributed by atoms with Crippen molar-refractivity contribution in [2.45, 2.75) is 32.4 Å². The number of amides is 1. The van der Waals surface area contributed by atoms with Crippen molar-refractivity contribution in [3.8, 4) is 0 Å². The number of likely N-dealkylation sites (tertiary alicyclic amines) is 1. The van der Waals surface area contributed by atoms with E-state index in [0.29, 0.717) is 17.0 Å². The molecule has 2 fully saturated rings. The van der Waals surface area contributed by atoms with E-state index in [0.717, 1.165) is 19.5 Å². The van der Waals surface area contributed by atoms with Crippen LogP contribution in [0.25, 0.3) is 0 Å². The number of rotatable bonds is 2. The van der Waals surface area contributed by atoms with Crippen molar-refractivity contribution in [2.75, 3.05) is 13.1 Å². The van der Waals surface area contributed by atoms with Gasteiger partial charge in [-0.15, -0.1) is 0 Å². The maximum absolute atomic E-state index is 12.8. The second kappa shape index (κ2) is 5.11. The molecular weight excluding hydrogens is 270 g/mol. The van der Waals surface area contributed by atoms with Crippen molar-refractivity contribution < 1.29 is 9.72 Å². The molecule has 6 heteroatoms. The lowest BCUT2D eigenvalue weighted by Gasteiger charge is -2.27. The lowest BCUT2D eigenvalue weighted by Crippen LogP contribution is -2.42. The van der Waals surface area contributed by atoms with Gasteiger partial charge in [0.05, 0.1) is 4.92 Å². The molecule has 0 bridgehead atoms. The first-order valence-electron chi connectivity index (χ1n) is 7.27. The summed E-state index contributed by atoms with van der Waals surface area (Å²) >= 11 is 0. The summed E-state index contributed by atoms with van der Waals surface area (Å²) in [6.07, 6.45) is 1.02. The van der Waals surface area contributed by atoms with Gasteiger partial charge in [0, 0.05) is 42.4 Å². The predicted molar refractivity (Wildman–Crippen MR) is 78.2 cm³/mol. The third-order valence-electron chi connectivity index (χ3n) is 4.66. The molecule has 3 unspecified atom stereocenters. The Morgan fingerprint density at radius 2 is 2.19 bits per heavy atom. The van der Waals surface area contributed by atoms with E-state index >= 15 is 0 Å². The van der Waals surface area contributed by atoms with E-state index in [1.54, 1.807) is 19.1 Å². The van der Waals surface area contributed by atoms with Crippen LogP contribution in [-0.4, -0.2) is 40.9 Å². The number of fused-ring (bicyclic) bond motifs is 1. The molecule has 0 radical (unpaired) electrons. The second-order valence-electron chi connectivity index (χ2n) is 6.04. The molecule has 21 heavy (non-hydrogen) atoms. The van der Waals surface area contributed by atoms with Crippen LogP contribution in [0.15, 0.2) is 18.2 Å². The largest absolute Gasteiger partial charge is 0.331 e. The highest BCUT2D eigenvalue weighted by atomic mass is 16.6. The lowest BCUT2D eigenvalue weighted by molar-refractivity contribution is -0.385. The molecule has 1 N–H and O–H groups in total. The number of hydrogen-bond acceptors (Lipinski definition) is 4. The number of nitro benzene ring substituents is 1. The zero-order valence-electron chi connectivity index (χ0n) is 12.2. The topological polar surface area (TPSA) is 75.5 Å². The van der Waals surface area contributed by atoms with Crippen molar-refractivity contribution in [3.05, 3.63) is 39.4 Å². The van der Waals surface area contributed by atoms with Gasteiger partial charge in [0.1, 0.15) is 0 Å². The van der Waals surface area contributed by atoms with Gasteiger partial charge in [0.25, 0.3) is 11.6 Å². The van der Waals surface area contributed by atoms with Crippen LogP contribution in [0.4, 0.5) is 5.69 Å². The van der Waals surface area contributed by atoms with Gasteiger partial charge in [-0.25, -0.2) is 0 Å². The van der Waals surface area contributed by atoms with E-state index in [9.17, 15) is 14.9 Å². The molecule has 1 aromatic carbocycles. The van der Waals surface area contributed by atoms with Crippen molar-refractivity contribution in [1.29, 1.82) is 0 Å². The zero-order chi connectivity index (χ0) is 15.1. The summed E-state index contributed by atoms with van der Waals surface area (Å²) in [5.41, 5.74) is 1.12. The van der Waals surface area contributed by atoms with Gasteiger partial charge in [-0.1, -0.05) is 0 Å². The molecule has 3 atom stereocenters.